The predicted octanol–water partition coefficient (Wildman–Crippen LogP) is 0.213. The Morgan fingerprint density at radius 2 is 1.58 bits per heavy atom. The van der Waals surface area contributed by atoms with E-state index in [2.05, 4.69) is 0 Å². The first kappa shape index (κ1) is 28.6. The fourth-order valence-electron chi connectivity index (χ4n) is 7.70. The first-order valence-electron chi connectivity index (χ1n) is 14.1. The maximum atomic E-state index is 12.9. The molecule has 3 saturated carbocycles. The molecule has 9 rings (SSSR count). The Labute approximate surface area is 245 Å². The summed E-state index contributed by atoms with van der Waals surface area (Å²) >= 11 is 0. The molecule has 4 saturated heterocycles. The highest BCUT2D eigenvalue weighted by atomic mass is 16.8. The fourth-order valence-corrected chi connectivity index (χ4v) is 7.70. The molecular formula is C30H32O13. The number of hydrogen-bond acceptors (Lipinski definition) is 13. The van der Waals surface area contributed by atoms with Gasteiger partial charge in [0.05, 0.1) is 16.5 Å². The Morgan fingerprint density at radius 1 is 0.907 bits per heavy atom. The van der Waals surface area contributed by atoms with Crippen molar-refractivity contribution in [1.29, 1.82) is 0 Å². The smallest absolute Gasteiger partial charge is 0.338 e. The van der Waals surface area contributed by atoms with E-state index in [1.807, 2.05) is 0 Å². The molecule has 6 bridgehead atoms. The summed E-state index contributed by atoms with van der Waals surface area (Å²) in [7, 11) is 0. The van der Waals surface area contributed by atoms with Gasteiger partial charge in [0.25, 0.3) is 0 Å². The van der Waals surface area contributed by atoms with Crippen molar-refractivity contribution in [2.75, 3.05) is 13.2 Å². The van der Waals surface area contributed by atoms with E-state index in [-0.39, 0.29) is 36.3 Å². The van der Waals surface area contributed by atoms with Crippen LogP contribution in [0, 0.1) is 11.3 Å². The van der Waals surface area contributed by atoms with Crippen molar-refractivity contribution in [3.63, 3.8) is 0 Å². The van der Waals surface area contributed by atoms with Gasteiger partial charge in [-0.3, -0.25) is 0 Å². The second-order valence-electron chi connectivity index (χ2n) is 12.2. The van der Waals surface area contributed by atoms with Crippen LogP contribution < -0.4 is 0 Å². The number of ether oxygens (including phenoxy) is 6. The summed E-state index contributed by atoms with van der Waals surface area (Å²) in [5, 5.41) is 53.2. The number of hydrogen-bond donors (Lipinski definition) is 5. The lowest BCUT2D eigenvalue weighted by Gasteiger charge is -2.67. The number of phenols is 1. The van der Waals surface area contributed by atoms with E-state index in [1.165, 1.54) is 24.3 Å². The van der Waals surface area contributed by atoms with Crippen LogP contribution in [0.3, 0.4) is 0 Å². The van der Waals surface area contributed by atoms with Gasteiger partial charge in [-0.15, -0.1) is 0 Å². The molecule has 0 radical (unpaired) electrons. The normalized spacial score (nSPS) is 43.7. The molecule has 2 aromatic carbocycles. The van der Waals surface area contributed by atoms with E-state index in [0.717, 1.165) is 0 Å². The molecule has 11 atom stereocenters. The predicted molar refractivity (Wildman–Crippen MR) is 140 cm³/mol. The maximum Gasteiger partial charge on any atom is 0.338 e. The van der Waals surface area contributed by atoms with E-state index in [4.69, 9.17) is 28.4 Å². The van der Waals surface area contributed by atoms with Crippen molar-refractivity contribution in [3.05, 3.63) is 65.7 Å². The Morgan fingerprint density at radius 3 is 2.30 bits per heavy atom. The highest BCUT2D eigenvalue weighted by molar-refractivity contribution is 5.90. The second kappa shape index (κ2) is 9.68. The minimum atomic E-state index is -1.71. The molecule has 5 N–H and O–H groups in total. The molecule has 1 unspecified atom stereocenters. The number of rotatable bonds is 8. The monoisotopic (exact) mass is 600 g/mol. The number of aromatic hydroxyl groups is 1. The van der Waals surface area contributed by atoms with Crippen LogP contribution in [0.25, 0.3) is 0 Å². The topological polar surface area (TPSA) is 191 Å². The molecule has 0 amide bonds. The van der Waals surface area contributed by atoms with Gasteiger partial charge in [0.15, 0.2) is 18.4 Å². The summed E-state index contributed by atoms with van der Waals surface area (Å²) in [6, 6.07) is 13.7. The van der Waals surface area contributed by atoms with Crippen molar-refractivity contribution in [2.45, 2.75) is 73.8 Å². The summed E-state index contributed by atoms with van der Waals surface area (Å²) in [5.74, 6) is -3.46. The summed E-state index contributed by atoms with van der Waals surface area (Å²) in [4.78, 5) is 25.4. The number of carbonyl (C=O) groups is 2. The van der Waals surface area contributed by atoms with Crippen molar-refractivity contribution in [1.82, 2.24) is 0 Å². The molecule has 13 nitrogen and oxygen atoms in total. The van der Waals surface area contributed by atoms with Crippen molar-refractivity contribution in [2.24, 2.45) is 11.3 Å². The summed E-state index contributed by atoms with van der Waals surface area (Å²) in [6.07, 6.45) is -8.57. The molecule has 0 spiro atoms. The molecule has 3 aliphatic carbocycles. The Kier molecular flexibility index (Phi) is 6.44. The maximum absolute atomic E-state index is 12.9. The van der Waals surface area contributed by atoms with Crippen molar-refractivity contribution in [3.8, 4) is 5.75 Å². The zero-order chi connectivity index (χ0) is 30.4. The third-order valence-corrected chi connectivity index (χ3v) is 9.87. The van der Waals surface area contributed by atoms with Crippen LogP contribution in [0.5, 0.6) is 5.75 Å². The van der Waals surface area contributed by atoms with E-state index in [0.29, 0.717) is 0 Å². The van der Waals surface area contributed by atoms with Gasteiger partial charge in [-0.2, -0.15) is 0 Å². The molecule has 7 fully saturated rings. The van der Waals surface area contributed by atoms with E-state index in [1.54, 1.807) is 37.3 Å². The van der Waals surface area contributed by atoms with Gasteiger partial charge in [-0.25, -0.2) is 9.59 Å². The van der Waals surface area contributed by atoms with Gasteiger partial charge >= 0.3 is 11.9 Å². The van der Waals surface area contributed by atoms with Crippen LogP contribution in [0.2, 0.25) is 0 Å². The first-order chi connectivity index (χ1) is 20.4. The molecule has 0 aromatic heterocycles. The zero-order valence-corrected chi connectivity index (χ0v) is 23.1. The largest absolute Gasteiger partial charge is 0.508 e. The number of phenolic OH excluding ortho intramolecular Hbond substituents is 1. The van der Waals surface area contributed by atoms with Crippen LogP contribution in [-0.2, 0) is 28.4 Å². The molecule has 4 heterocycles. The Bertz CT molecular complexity index is 1420. The van der Waals surface area contributed by atoms with Gasteiger partial charge in [-0.05, 0) is 49.7 Å². The van der Waals surface area contributed by atoms with Crippen LogP contribution in [0.15, 0.2) is 54.6 Å². The molecule has 13 heteroatoms. The van der Waals surface area contributed by atoms with Crippen LogP contribution >= 0.6 is 0 Å². The average molecular weight is 601 g/mol. The molecule has 7 aliphatic rings. The Hall–Kier alpha value is -3.14. The molecule has 230 valence electrons. The SMILES string of the molecule is C[C@@]12C[C@@]3(O)OC(O1)[C@]1(COC(=O)c4ccc(O)cc4)[C@@H]3C[C@@]21O[C@@H]1O[C@H](COC(=O)c2ccccc2)[C@@H](O)[C@H](O)[C@H]1O. The lowest BCUT2D eigenvalue weighted by molar-refractivity contribution is -0.424. The third kappa shape index (κ3) is 3.93. The minimum absolute atomic E-state index is 0.0149. The van der Waals surface area contributed by atoms with Crippen LogP contribution in [0.1, 0.15) is 40.5 Å². The van der Waals surface area contributed by atoms with E-state index in [9.17, 15) is 35.1 Å². The van der Waals surface area contributed by atoms with Gasteiger partial charge in [0.1, 0.15) is 54.6 Å². The van der Waals surface area contributed by atoms with Gasteiger partial charge in [-0.1, -0.05) is 18.2 Å². The third-order valence-electron chi connectivity index (χ3n) is 9.87. The Balaban J connectivity index is 1.12. The number of carbonyl (C=O) groups excluding carboxylic acids is 2. The fraction of sp³-hybridized carbons (Fsp3) is 0.533. The average Bonchev–Trinajstić information content (AvgIpc) is 3.18. The van der Waals surface area contributed by atoms with Gasteiger partial charge in [0.2, 0.25) is 0 Å². The number of aliphatic hydroxyl groups excluding tert-OH is 3. The summed E-state index contributed by atoms with van der Waals surface area (Å²) in [6.45, 7) is 1.01. The van der Waals surface area contributed by atoms with Crippen LogP contribution in [0.4, 0.5) is 0 Å². The second-order valence-corrected chi connectivity index (χ2v) is 12.2. The highest BCUT2D eigenvalue weighted by Gasteiger charge is 2.94. The lowest BCUT2D eigenvalue weighted by atomic mass is 9.41. The van der Waals surface area contributed by atoms with E-state index < -0.39 is 83.9 Å². The number of aliphatic hydroxyl groups is 4. The standard InChI is InChI=1S/C30H32O13/c1-27-13-29(37)19-11-30(27,28(19,26(42-27)43-29)14-39-24(36)16-7-9-17(31)10-8-16)41-25-22(34)21(33)20(32)18(40-25)12-38-23(35)15-5-3-2-4-6-15/h2-10,18-22,25-26,31-34,37H,11-14H2,1H3/t18-,19+,20-,21+,22-,25+,26?,27+,28+,29-,30-/m1/s1. The molecule has 4 aliphatic heterocycles. The molecular weight excluding hydrogens is 568 g/mol. The van der Waals surface area contributed by atoms with Gasteiger partial charge < -0.3 is 54.0 Å². The summed E-state index contributed by atoms with van der Waals surface area (Å²) < 4.78 is 35.6. The minimum Gasteiger partial charge on any atom is -0.508 e. The van der Waals surface area contributed by atoms with Crippen molar-refractivity contribution < 1.29 is 63.5 Å². The number of benzene rings is 2. The van der Waals surface area contributed by atoms with Crippen LogP contribution in [-0.4, -0.2) is 105 Å². The molecule has 43 heavy (non-hydrogen) atoms. The molecule has 2 aromatic rings. The summed E-state index contributed by atoms with van der Waals surface area (Å²) in [5.41, 5.74) is -3.18. The highest BCUT2D eigenvalue weighted by Crippen LogP contribution is 2.81. The zero-order valence-electron chi connectivity index (χ0n) is 23.1. The quantitative estimate of drug-likeness (QED) is 0.259. The number of esters is 2. The first-order valence-corrected chi connectivity index (χ1v) is 14.1. The lowest BCUT2D eigenvalue weighted by Crippen LogP contribution is -2.80. The van der Waals surface area contributed by atoms with Gasteiger partial charge in [0, 0.05) is 12.3 Å². The van der Waals surface area contributed by atoms with E-state index >= 15 is 0 Å². The van der Waals surface area contributed by atoms with Crippen molar-refractivity contribution >= 4 is 11.9 Å².